The van der Waals surface area contributed by atoms with Gasteiger partial charge in [0.15, 0.2) is 0 Å². The van der Waals surface area contributed by atoms with Gasteiger partial charge in [0.05, 0.1) is 14.2 Å². The first kappa shape index (κ1) is 14.7. The largest absolute Gasteiger partial charge is 0.497 e. The molecule has 0 aromatic heterocycles. The van der Waals surface area contributed by atoms with Crippen LogP contribution >= 0.6 is 27.3 Å². The zero-order valence-corrected chi connectivity index (χ0v) is 13.6. The van der Waals surface area contributed by atoms with E-state index in [2.05, 4.69) is 24.3 Å². The molecule has 2 rings (SSSR count). The van der Waals surface area contributed by atoms with Crippen molar-refractivity contribution >= 4 is 37.9 Å². The van der Waals surface area contributed by atoms with Crippen LogP contribution in [0, 0.1) is 0 Å². The summed E-state index contributed by atoms with van der Waals surface area (Å²) in [4.78, 5) is 0. The van der Waals surface area contributed by atoms with Crippen molar-refractivity contribution in [2.24, 2.45) is 0 Å². The van der Waals surface area contributed by atoms with Crippen LogP contribution in [0.3, 0.4) is 0 Å². The van der Waals surface area contributed by atoms with Crippen molar-refractivity contribution in [3.05, 3.63) is 48.5 Å². The van der Waals surface area contributed by atoms with E-state index < -0.39 is 6.81 Å². The van der Waals surface area contributed by atoms with E-state index in [0.29, 0.717) is 8.27 Å². The molecule has 5 heteroatoms. The van der Waals surface area contributed by atoms with E-state index >= 15 is 0 Å². The van der Waals surface area contributed by atoms with Crippen LogP contribution in [0.1, 0.15) is 0 Å². The Bertz CT molecular complexity index is 514. The molecule has 0 aliphatic carbocycles. The van der Waals surface area contributed by atoms with Gasteiger partial charge >= 0.3 is 0 Å². The highest BCUT2D eigenvalue weighted by atomic mass is 32.8. The number of methoxy groups -OCH3 is 2. The smallest absolute Gasteiger partial charge is 0.118 e. The summed E-state index contributed by atoms with van der Waals surface area (Å²) in [5, 5.41) is 2.58. The Hall–Kier alpha value is -0.750. The molecule has 2 aromatic rings. The van der Waals surface area contributed by atoms with Crippen LogP contribution in [0.5, 0.6) is 11.5 Å². The van der Waals surface area contributed by atoms with Crippen molar-refractivity contribution in [2.45, 2.75) is 0 Å². The Morgan fingerprint density at radius 2 is 1.32 bits per heavy atom. The Balaban J connectivity index is 2.04. The lowest BCUT2D eigenvalue weighted by Gasteiger charge is -2.12. The average Bonchev–Trinajstić information content (AvgIpc) is 2.48. The number of thiol groups is 1. The molecule has 0 N–H and O–H groups in total. The van der Waals surface area contributed by atoms with E-state index in [0.717, 1.165) is 11.5 Å². The predicted molar refractivity (Wildman–Crippen MR) is 89.5 cm³/mol. The summed E-state index contributed by atoms with van der Waals surface area (Å²) >= 11 is 4.75. The summed E-state index contributed by atoms with van der Waals surface area (Å²) in [6, 6.07) is 16.3. The maximum atomic E-state index is 5.16. The Kier molecular flexibility index (Phi) is 5.51. The molecule has 0 amide bonds. The number of ether oxygens (including phenoxy) is 2. The van der Waals surface area contributed by atoms with Crippen LogP contribution in [0.15, 0.2) is 48.5 Å². The molecule has 19 heavy (non-hydrogen) atoms. The molecule has 1 unspecified atom stereocenters. The van der Waals surface area contributed by atoms with Gasteiger partial charge in [0.2, 0.25) is 0 Å². The van der Waals surface area contributed by atoms with Crippen molar-refractivity contribution in [3.63, 3.8) is 0 Å². The molecular weight excluding hydrogens is 294 g/mol. The number of hydrogen-bond donors (Lipinski definition) is 1. The third-order valence-electron chi connectivity index (χ3n) is 2.64. The molecule has 2 aromatic carbocycles. The summed E-state index contributed by atoms with van der Waals surface area (Å²) in [6.07, 6.45) is 0. The lowest BCUT2D eigenvalue weighted by atomic mass is 10.3. The normalized spacial score (nSPS) is 12.6. The Morgan fingerprint density at radius 3 is 1.79 bits per heavy atom. The van der Waals surface area contributed by atoms with Gasteiger partial charge in [-0.2, -0.15) is 0 Å². The first-order valence-electron chi connectivity index (χ1n) is 5.76. The van der Waals surface area contributed by atoms with Crippen molar-refractivity contribution in [1.29, 1.82) is 0 Å². The van der Waals surface area contributed by atoms with E-state index in [1.54, 1.807) is 14.2 Å². The van der Waals surface area contributed by atoms with Crippen LogP contribution in [-0.2, 0) is 0 Å². The van der Waals surface area contributed by atoms with Gasteiger partial charge in [-0.3, -0.25) is 0 Å². The number of hydrogen-bond acceptors (Lipinski definition) is 3. The van der Waals surface area contributed by atoms with Crippen LogP contribution in [0.4, 0.5) is 0 Å². The first-order valence-corrected chi connectivity index (χ1v) is 10.1. The molecule has 0 radical (unpaired) electrons. The second-order valence-electron chi connectivity index (χ2n) is 3.85. The SMILES string of the molecule is COc1ccc(P[P@](S)c2ccc(OC)cc2)cc1. The minimum Gasteiger partial charge on any atom is -0.497 e. The summed E-state index contributed by atoms with van der Waals surface area (Å²) in [6.45, 7) is -0.457. The number of rotatable bonds is 5. The molecule has 0 spiro atoms. The molecule has 100 valence electrons. The van der Waals surface area contributed by atoms with Crippen LogP contribution < -0.4 is 20.1 Å². The summed E-state index contributed by atoms with van der Waals surface area (Å²) < 4.78 is 10.3. The fraction of sp³-hybridized carbons (Fsp3) is 0.143. The topological polar surface area (TPSA) is 18.5 Å². The average molecular weight is 310 g/mol. The summed E-state index contributed by atoms with van der Waals surface area (Å²) in [7, 11) is 4.04. The van der Waals surface area contributed by atoms with Gasteiger partial charge in [-0.25, -0.2) is 0 Å². The van der Waals surface area contributed by atoms with Gasteiger partial charge < -0.3 is 9.47 Å². The molecule has 0 aliphatic heterocycles. The second-order valence-corrected chi connectivity index (χ2v) is 10.1. The van der Waals surface area contributed by atoms with Gasteiger partial charge in [0, 0.05) is 6.81 Å². The fourth-order valence-electron chi connectivity index (χ4n) is 1.58. The van der Waals surface area contributed by atoms with Crippen molar-refractivity contribution in [3.8, 4) is 11.5 Å². The molecule has 0 aliphatic rings. The highest BCUT2D eigenvalue weighted by molar-refractivity contribution is 8.70. The minimum atomic E-state index is -0.457. The first-order chi connectivity index (χ1) is 9.22. The highest BCUT2D eigenvalue weighted by Gasteiger charge is 2.07. The van der Waals surface area contributed by atoms with E-state index in [9.17, 15) is 0 Å². The lowest BCUT2D eigenvalue weighted by Crippen LogP contribution is -1.98. The van der Waals surface area contributed by atoms with Crippen LogP contribution in [-0.4, -0.2) is 14.2 Å². The molecule has 0 heterocycles. The molecule has 0 bridgehead atoms. The van der Waals surface area contributed by atoms with E-state index in [1.807, 2.05) is 24.3 Å². The summed E-state index contributed by atoms with van der Waals surface area (Å²) in [5.74, 6) is 1.77. The second kappa shape index (κ2) is 7.14. The maximum absolute atomic E-state index is 5.16. The highest BCUT2D eigenvalue weighted by Crippen LogP contribution is 2.57. The molecule has 0 saturated heterocycles. The molecule has 2 nitrogen and oxygen atoms in total. The lowest BCUT2D eigenvalue weighted by molar-refractivity contribution is 0.415. The predicted octanol–water partition coefficient (Wildman–Crippen LogP) is 3.57. The zero-order valence-electron chi connectivity index (χ0n) is 10.8. The quantitative estimate of drug-likeness (QED) is 0.672. The third-order valence-corrected chi connectivity index (χ3v) is 8.01. The van der Waals surface area contributed by atoms with Crippen molar-refractivity contribution in [1.82, 2.24) is 0 Å². The van der Waals surface area contributed by atoms with Crippen LogP contribution in [0.25, 0.3) is 0 Å². The Morgan fingerprint density at radius 1 is 0.842 bits per heavy atom. The number of benzene rings is 2. The molecule has 2 atom stereocenters. The third kappa shape index (κ3) is 4.11. The molecular formula is C14H16O2P2S. The maximum Gasteiger partial charge on any atom is 0.118 e. The van der Waals surface area contributed by atoms with Gasteiger partial charge in [0.25, 0.3) is 0 Å². The molecule has 0 fully saturated rings. The minimum absolute atomic E-state index is 0.457. The molecule has 0 saturated carbocycles. The zero-order chi connectivity index (χ0) is 13.7. The standard InChI is InChI=1S/C14H16O2P2S/c1-15-11-3-7-13(8-4-11)17-18(19)14-9-5-12(16-2)6-10-14/h3-10,17,19H,1-2H3/t18-/m1/s1. The van der Waals surface area contributed by atoms with Gasteiger partial charge in [-0.05, 0) is 55.3 Å². The van der Waals surface area contributed by atoms with Crippen LogP contribution in [0.2, 0.25) is 0 Å². The van der Waals surface area contributed by atoms with E-state index in [4.69, 9.17) is 21.7 Å². The van der Waals surface area contributed by atoms with Crippen molar-refractivity contribution in [2.75, 3.05) is 14.2 Å². The van der Waals surface area contributed by atoms with Crippen molar-refractivity contribution < 1.29 is 9.47 Å². The van der Waals surface area contributed by atoms with E-state index in [1.165, 1.54) is 10.6 Å². The summed E-state index contributed by atoms with van der Waals surface area (Å²) in [5.41, 5.74) is 0. The van der Waals surface area contributed by atoms with Gasteiger partial charge in [0.1, 0.15) is 11.5 Å². The Labute approximate surface area is 122 Å². The van der Waals surface area contributed by atoms with Gasteiger partial charge in [-0.1, -0.05) is 12.1 Å². The van der Waals surface area contributed by atoms with E-state index in [-0.39, 0.29) is 0 Å². The fourth-order valence-corrected chi connectivity index (χ4v) is 6.15. The van der Waals surface area contributed by atoms with Gasteiger partial charge in [-0.15, -0.1) is 12.2 Å². The monoisotopic (exact) mass is 310 g/mol.